The van der Waals surface area contributed by atoms with Crippen LogP contribution in [0, 0.1) is 39.9 Å². The van der Waals surface area contributed by atoms with Gasteiger partial charge >= 0.3 is 29.8 Å². The van der Waals surface area contributed by atoms with Crippen LogP contribution in [0.4, 0.5) is 0 Å². The molecule has 14 atom stereocenters. The minimum Gasteiger partial charge on any atom is -0.472 e. The van der Waals surface area contributed by atoms with Crippen molar-refractivity contribution in [3.05, 3.63) is 24.2 Å². The maximum absolute atomic E-state index is 14.9. The minimum atomic E-state index is -2.09. The minimum absolute atomic E-state index is 0.0823. The fourth-order valence-electron chi connectivity index (χ4n) is 13.6. The summed E-state index contributed by atoms with van der Waals surface area (Å²) < 4.78 is 57.9. The molecule has 4 aliphatic carbocycles. The maximum Gasteiger partial charge on any atom is 0.317 e. The summed E-state index contributed by atoms with van der Waals surface area (Å²) in [6, 6.07) is 1.65. The molecule has 15 heteroatoms. The SMILES string of the molecule is COC(=O)CC1C2(C)CC34OC5(C)OC67C(C(C(=O)C(C)C)C(=O)OC6C3(OC(C)=O)C2OC(C)=O)C(C)(C(OC(C)=O)c2ccoc2)CCC7(O5)C14C. The highest BCUT2D eigenvalue weighted by Crippen LogP contribution is 2.90. The molecular weight excluding hydrogens is 708 g/mol. The van der Waals surface area contributed by atoms with Gasteiger partial charge in [-0.1, -0.05) is 34.6 Å². The molecule has 3 aliphatic heterocycles. The molecule has 0 aromatic carbocycles. The number of ketones is 1. The van der Waals surface area contributed by atoms with Crippen molar-refractivity contribution >= 4 is 35.6 Å². The first-order chi connectivity index (χ1) is 25.1. The van der Waals surface area contributed by atoms with Crippen molar-refractivity contribution in [2.45, 2.75) is 135 Å². The number of hydrogen-bond acceptors (Lipinski definition) is 15. The molecule has 4 heterocycles. The number of esters is 5. The molecule has 1 aromatic heterocycles. The van der Waals surface area contributed by atoms with Crippen LogP contribution in [0.2, 0.25) is 0 Å². The van der Waals surface area contributed by atoms with Crippen molar-refractivity contribution < 1.29 is 71.1 Å². The molecule has 7 fully saturated rings. The molecule has 294 valence electrons. The summed E-state index contributed by atoms with van der Waals surface area (Å²) in [7, 11) is 1.28. The van der Waals surface area contributed by atoms with Gasteiger partial charge < -0.3 is 42.3 Å². The van der Waals surface area contributed by atoms with E-state index in [4.69, 9.17) is 42.3 Å². The summed E-state index contributed by atoms with van der Waals surface area (Å²) in [5, 5.41) is 0. The van der Waals surface area contributed by atoms with E-state index in [-0.39, 0.29) is 25.7 Å². The van der Waals surface area contributed by atoms with Crippen LogP contribution in [0.15, 0.2) is 23.0 Å². The van der Waals surface area contributed by atoms with Crippen molar-refractivity contribution in [1.82, 2.24) is 0 Å². The average Bonchev–Trinajstić information content (AvgIpc) is 3.77. The van der Waals surface area contributed by atoms with Gasteiger partial charge in [0.2, 0.25) is 5.60 Å². The largest absolute Gasteiger partial charge is 0.472 e. The van der Waals surface area contributed by atoms with Crippen LogP contribution in [0.3, 0.4) is 0 Å². The van der Waals surface area contributed by atoms with Crippen LogP contribution in [0.5, 0.6) is 0 Å². The molecule has 0 radical (unpaired) electrons. The molecule has 1 aromatic rings. The second-order valence-electron chi connectivity index (χ2n) is 17.6. The van der Waals surface area contributed by atoms with Gasteiger partial charge in [0.05, 0.1) is 19.6 Å². The monoisotopic (exact) mass is 756 g/mol. The standard InChI is InChI=1S/C39H48O15/c1-18(2)26(44)25-27-32(6,28(48-19(3)40)22-11-14-47-16-22)12-13-36-34(8)23(15-24(43)46-10)33(7)17-37(34)39(51-21(5)42,30(33)49-20(4)41)31(50-29(25)45)38(27,36)54-35(9,52-36)53-37/h11,14,16,18,23,25,27-28,30-31H,12-13,15,17H2,1-10H3. The van der Waals surface area contributed by atoms with Crippen molar-refractivity contribution in [1.29, 1.82) is 0 Å². The van der Waals surface area contributed by atoms with E-state index in [2.05, 4.69) is 0 Å². The van der Waals surface area contributed by atoms with Gasteiger partial charge in [0, 0.05) is 67.8 Å². The maximum atomic E-state index is 14.9. The number of hydrogen-bond donors (Lipinski definition) is 0. The van der Waals surface area contributed by atoms with Crippen LogP contribution in [-0.4, -0.2) is 83.3 Å². The Labute approximate surface area is 312 Å². The Morgan fingerprint density at radius 2 is 1.61 bits per heavy atom. The third-order valence-electron chi connectivity index (χ3n) is 14.7. The lowest BCUT2D eigenvalue weighted by Gasteiger charge is -2.78. The molecular formula is C39H48O15. The molecule has 3 saturated heterocycles. The topological polar surface area (TPSA) is 189 Å². The van der Waals surface area contributed by atoms with Crippen molar-refractivity contribution in [2.75, 3.05) is 7.11 Å². The molecule has 8 rings (SSSR count). The zero-order chi connectivity index (χ0) is 39.4. The van der Waals surface area contributed by atoms with E-state index in [1.807, 2.05) is 20.8 Å². The van der Waals surface area contributed by atoms with Crippen LogP contribution < -0.4 is 0 Å². The fraction of sp³-hybridized carbons (Fsp3) is 0.744. The predicted octanol–water partition coefficient (Wildman–Crippen LogP) is 3.89. The Bertz CT molecular complexity index is 1870. The second-order valence-corrected chi connectivity index (χ2v) is 17.6. The molecule has 0 N–H and O–H groups in total. The number of carbonyl (C=O) groups is 6. The van der Waals surface area contributed by atoms with Crippen molar-refractivity contribution in [3.63, 3.8) is 0 Å². The van der Waals surface area contributed by atoms with E-state index < -0.39 is 122 Å². The Morgan fingerprint density at radius 3 is 2.19 bits per heavy atom. The first kappa shape index (κ1) is 37.1. The lowest BCUT2D eigenvalue weighted by atomic mass is 9.32. The number of rotatable bonds is 9. The summed E-state index contributed by atoms with van der Waals surface area (Å²) in [6.07, 6.45) is -0.862. The lowest BCUT2D eigenvalue weighted by Crippen LogP contribution is -2.95. The predicted molar refractivity (Wildman–Crippen MR) is 178 cm³/mol. The Hall–Kier alpha value is -3.82. The number of carbonyl (C=O) groups excluding carboxylic acids is 6. The van der Waals surface area contributed by atoms with E-state index in [1.54, 1.807) is 26.8 Å². The van der Waals surface area contributed by atoms with Gasteiger partial charge in [-0.3, -0.25) is 28.8 Å². The molecule has 3 spiro atoms. The summed E-state index contributed by atoms with van der Waals surface area (Å²) >= 11 is 0. The fourth-order valence-corrected chi connectivity index (χ4v) is 13.6. The second kappa shape index (κ2) is 10.9. The number of Topliss-reactive ketones (excluding diaryl/α,β-unsaturated/α-hetero) is 1. The van der Waals surface area contributed by atoms with Gasteiger partial charge in [-0.05, 0) is 31.2 Å². The van der Waals surface area contributed by atoms with Crippen LogP contribution in [0.1, 0.15) is 99.7 Å². The van der Waals surface area contributed by atoms with Gasteiger partial charge in [0.25, 0.3) is 5.97 Å². The molecule has 4 saturated carbocycles. The van der Waals surface area contributed by atoms with Gasteiger partial charge in [0.15, 0.2) is 12.2 Å². The zero-order valence-electron chi connectivity index (χ0n) is 32.2. The normalized spacial score (nSPS) is 47.8. The van der Waals surface area contributed by atoms with Crippen molar-refractivity contribution in [2.24, 2.45) is 39.9 Å². The third-order valence-corrected chi connectivity index (χ3v) is 14.7. The molecule has 4 bridgehead atoms. The van der Waals surface area contributed by atoms with E-state index >= 15 is 0 Å². The quantitative estimate of drug-likeness (QED) is 0.200. The van der Waals surface area contributed by atoms with Crippen LogP contribution in [-0.2, 0) is 66.7 Å². The first-order valence-corrected chi connectivity index (χ1v) is 18.6. The third kappa shape index (κ3) is 3.84. The molecule has 0 amide bonds. The number of fused-ring (bicyclic) bond motifs is 3. The van der Waals surface area contributed by atoms with Crippen LogP contribution in [0.25, 0.3) is 0 Å². The molecule has 7 aliphatic rings. The van der Waals surface area contributed by atoms with E-state index in [0.717, 1.165) is 0 Å². The van der Waals surface area contributed by atoms with E-state index in [1.165, 1.54) is 40.4 Å². The molecule has 15 nitrogen and oxygen atoms in total. The Balaban J connectivity index is 1.52. The van der Waals surface area contributed by atoms with E-state index in [9.17, 15) is 28.8 Å². The Morgan fingerprint density at radius 1 is 0.926 bits per heavy atom. The van der Waals surface area contributed by atoms with Gasteiger partial charge in [0.1, 0.15) is 34.6 Å². The summed E-state index contributed by atoms with van der Waals surface area (Å²) in [4.78, 5) is 82.8. The first-order valence-electron chi connectivity index (χ1n) is 18.6. The van der Waals surface area contributed by atoms with E-state index in [0.29, 0.717) is 5.56 Å². The highest BCUT2D eigenvalue weighted by atomic mass is 16.9. The Kier molecular flexibility index (Phi) is 7.52. The highest BCUT2D eigenvalue weighted by Gasteiger charge is 3.06. The summed E-state index contributed by atoms with van der Waals surface area (Å²) in [5.74, 6) is -10.0. The van der Waals surface area contributed by atoms with Gasteiger partial charge in [-0.25, -0.2) is 0 Å². The lowest BCUT2D eigenvalue weighted by molar-refractivity contribution is -0.479. The number of furan rings is 1. The van der Waals surface area contributed by atoms with Crippen LogP contribution >= 0.6 is 0 Å². The highest BCUT2D eigenvalue weighted by molar-refractivity contribution is 6.01. The number of methoxy groups -OCH3 is 1. The zero-order valence-corrected chi connectivity index (χ0v) is 32.2. The number of ether oxygens (including phenoxy) is 8. The molecule has 54 heavy (non-hydrogen) atoms. The summed E-state index contributed by atoms with van der Waals surface area (Å²) in [6.45, 7) is 14.2. The van der Waals surface area contributed by atoms with Crippen molar-refractivity contribution in [3.8, 4) is 0 Å². The average molecular weight is 757 g/mol. The molecule has 14 unspecified atom stereocenters. The summed E-state index contributed by atoms with van der Waals surface area (Å²) in [5.41, 5.74) is -10.5. The smallest absolute Gasteiger partial charge is 0.317 e. The van der Waals surface area contributed by atoms with Gasteiger partial charge in [-0.2, -0.15) is 0 Å². The van der Waals surface area contributed by atoms with Gasteiger partial charge in [-0.15, -0.1) is 0 Å².